The van der Waals surface area contributed by atoms with Crippen LogP contribution in [0.5, 0.6) is 5.75 Å². The van der Waals surface area contributed by atoms with Crippen molar-refractivity contribution in [3.05, 3.63) is 54.5 Å². The molecular formula is C20H24N6O2. The van der Waals surface area contributed by atoms with Crippen molar-refractivity contribution in [2.75, 3.05) is 38.2 Å². The Morgan fingerprint density at radius 3 is 2.54 bits per heavy atom. The van der Waals surface area contributed by atoms with Crippen molar-refractivity contribution in [3.63, 3.8) is 0 Å². The number of hydrogen-bond acceptors (Lipinski definition) is 5. The number of carbonyl (C=O) groups is 1. The molecule has 0 aliphatic carbocycles. The van der Waals surface area contributed by atoms with E-state index in [1.165, 1.54) is 0 Å². The molecule has 0 bridgehead atoms. The Bertz CT molecular complexity index is 947. The highest BCUT2D eigenvalue weighted by Gasteiger charge is 2.24. The number of carbonyl (C=O) groups excluding carboxylic acids is 1. The Balaban J connectivity index is 1.34. The van der Waals surface area contributed by atoms with Crippen molar-refractivity contribution in [1.29, 1.82) is 0 Å². The van der Waals surface area contributed by atoms with Gasteiger partial charge in [-0.1, -0.05) is 6.07 Å². The predicted molar refractivity (Wildman–Crippen MR) is 107 cm³/mol. The first-order valence-corrected chi connectivity index (χ1v) is 9.40. The molecule has 0 saturated carbocycles. The van der Waals surface area contributed by atoms with E-state index in [1.54, 1.807) is 7.11 Å². The molecule has 8 nitrogen and oxygen atoms in total. The van der Waals surface area contributed by atoms with Gasteiger partial charge in [0.15, 0.2) is 11.5 Å². The number of benzene rings is 1. The second-order valence-corrected chi connectivity index (χ2v) is 6.83. The number of ether oxygens (including phenoxy) is 1. The van der Waals surface area contributed by atoms with Gasteiger partial charge < -0.3 is 19.9 Å². The molecule has 146 valence electrons. The maximum Gasteiger partial charge on any atom is 0.318 e. The molecule has 1 atom stereocenters. The van der Waals surface area contributed by atoms with Crippen molar-refractivity contribution < 1.29 is 9.53 Å². The number of nitrogens with one attached hydrogen (secondary N) is 1. The monoisotopic (exact) mass is 380 g/mol. The van der Waals surface area contributed by atoms with Gasteiger partial charge in [-0.05, 0) is 43.3 Å². The molecule has 1 saturated heterocycles. The average Bonchev–Trinajstić information content (AvgIpc) is 3.18. The number of urea groups is 1. The molecule has 3 aromatic rings. The SMILES string of the molecule is COc1ccc(N2CCN(C(=O)NC(C)c3nnc4ccccn34)CC2)cc1. The van der Waals surface area contributed by atoms with Crippen molar-refractivity contribution in [2.45, 2.75) is 13.0 Å². The zero-order chi connectivity index (χ0) is 19.5. The van der Waals surface area contributed by atoms with Crippen LogP contribution in [0.25, 0.3) is 5.65 Å². The number of fused-ring (bicyclic) bond motifs is 1. The maximum absolute atomic E-state index is 12.7. The summed E-state index contributed by atoms with van der Waals surface area (Å²) in [4.78, 5) is 16.8. The molecule has 1 fully saturated rings. The zero-order valence-electron chi connectivity index (χ0n) is 16.1. The van der Waals surface area contributed by atoms with Gasteiger partial charge in [-0.15, -0.1) is 10.2 Å². The maximum atomic E-state index is 12.7. The minimum absolute atomic E-state index is 0.0745. The molecular weight excluding hydrogens is 356 g/mol. The van der Waals surface area contributed by atoms with Crippen LogP contribution in [-0.2, 0) is 0 Å². The number of methoxy groups -OCH3 is 1. The molecule has 1 aliphatic rings. The van der Waals surface area contributed by atoms with E-state index < -0.39 is 0 Å². The van der Waals surface area contributed by atoms with Crippen LogP contribution in [0.1, 0.15) is 18.8 Å². The van der Waals surface area contributed by atoms with Gasteiger partial charge in [-0.25, -0.2) is 4.79 Å². The zero-order valence-corrected chi connectivity index (χ0v) is 16.1. The summed E-state index contributed by atoms with van der Waals surface area (Å²) >= 11 is 0. The first-order valence-electron chi connectivity index (χ1n) is 9.40. The summed E-state index contributed by atoms with van der Waals surface area (Å²) in [5, 5.41) is 11.4. The summed E-state index contributed by atoms with van der Waals surface area (Å²) in [7, 11) is 1.66. The number of rotatable bonds is 4. The van der Waals surface area contributed by atoms with Gasteiger partial charge in [0.25, 0.3) is 0 Å². The van der Waals surface area contributed by atoms with E-state index >= 15 is 0 Å². The molecule has 1 unspecified atom stereocenters. The van der Waals surface area contributed by atoms with E-state index in [-0.39, 0.29) is 12.1 Å². The normalized spacial score (nSPS) is 15.5. The standard InChI is InChI=1S/C20H24N6O2/c1-15(19-23-22-18-5-3-4-10-26(18)19)21-20(27)25-13-11-24(12-14-25)16-6-8-17(28-2)9-7-16/h3-10,15H,11-14H2,1-2H3,(H,21,27). The quantitative estimate of drug-likeness (QED) is 0.752. The van der Waals surface area contributed by atoms with Crippen molar-refractivity contribution >= 4 is 17.4 Å². The number of pyridine rings is 1. The van der Waals surface area contributed by atoms with Crippen LogP contribution in [0, 0.1) is 0 Å². The third kappa shape index (κ3) is 3.58. The highest BCUT2D eigenvalue weighted by Crippen LogP contribution is 2.21. The number of amides is 2. The molecule has 3 heterocycles. The fraction of sp³-hybridized carbons (Fsp3) is 0.350. The highest BCUT2D eigenvalue weighted by atomic mass is 16.5. The summed E-state index contributed by atoms with van der Waals surface area (Å²) in [6, 6.07) is 13.4. The number of nitrogens with zero attached hydrogens (tertiary/aromatic N) is 5. The predicted octanol–water partition coefficient (Wildman–Crippen LogP) is 2.33. The van der Waals surface area contributed by atoms with Crippen molar-refractivity contribution in [2.24, 2.45) is 0 Å². The highest BCUT2D eigenvalue weighted by molar-refractivity contribution is 5.75. The molecule has 28 heavy (non-hydrogen) atoms. The van der Waals surface area contributed by atoms with Crippen molar-refractivity contribution in [3.8, 4) is 5.75 Å². The molecule has 0 spiro atoms. The second-order valence-electron chi connectivity index (χ2n) is 6.83. The van der Waals surface area contributed by atoms with E-state index in [1.807, 2.05) is 64.9 Å². The van der Waals surface area contributed by atoms with Gasteiger partial charge in [0.05, 0.1) is 13.2 Å². The average molecular weight is 380 g/mol. The minimum atomic E-state index is -0.232. The Morgan fingerprint density at radius 2 is 1.82 bits per heavy atom. The smallest absolute Gasteiger partial charge is 0.318 e. The lowest BCUT2D eigenvalue weighted by Gasteiger charge is -2.36. The number of piperazine rings is 1. The van der Waals surface area contributed by atoms with Crippen LogP contribution in [0.15, 0.2) is 48.7 Å². The number of hydrogen-bond donors (Lipinski definition) is 1. The lowest BCUT2D eigenvalue weighted by Crippen LogP contribution is -2.52. The third-order valence-corrected chi connectivity index (χ3v) is 5.07. The Hall–Kier alpha value is -3.29. The summed E-state index contributed by atoms with van der Waals surface area (Å²) in [6.45, 7) is 4.86. The molecule has 2 aromatic heterocycles. The van der Waals surface area contributed by atoms with Gasteiger partial charge in [-0.3, -0.25) is 4.40 Å². The Labute approximate surface area is 163 Å². The molecule has 4 rings (SSSR count). The fourth-order valence-electron chi connectivity index (χ4n) is 3.46. The van der Waals surface area contributed by atoms with E-state index in [2.05, 4.69) is 20.4 Å². The molecule has 2 amide bonds. The molecule has 1 aliphatic heterocycles. The van der Waals surface area contributed by atoms with Gasteiger partial charge in [-0.2, -0.15) is 0 Å². The van der Waals surface area contributed by atoms with Crippen LogP contribution < -0.4 is 15.0 Å². The van der Waals surface area contributed by atoms with Gasteiger partial charge in [0.1, 0.15) is 5.75 Å². The van der Waals surface area contributed by atoms with Gasteiger partial charge in [0.2, 0.25) is 0 Å². The third-order valence-electron chi connectivity index (χ3n) is 5.07. The first-order chi connectivity index (χ1) is 13.7. The molecule has 8 heteroatoms. The Kier molecular flexibility index (Phi) is 5.01. The first kappa shape index (κ1) is 18.1. The van der Waals surface area contributed by atoms with Gasteiger partial charge in [0, 0.05) is 38.1 Å². The van der Waals surface area contributed by atoms with Crippen LogP contribution in [-0.4, -0.2) is 58.8 Å². The lowest BCUT2D eigenvalue weighted by atomic mass is 10.2. The van der Waals surface area contributed by atoms with Crippen LogP contribution >= 0.6 is 0 Å². The van der Waals surface area contributed by atoms with E-state index in [4.69, 9.17) is 4.74 Å². The van der Waals surface area contributed by atoms with E-state index in [0.29, 0.717) is 13.1 Å². The molecule has 0 radical (unpaired) electrons. The lowest BCUT2D eigenvalue weighted by molar-refractivity contribution is 0.190. The van der Waals surface area contributed by atoms with Crippen molar-refractivity contribution in [1.82, 2.24) is 24.8 Å². The fourth-order valence-corrected chi connectivity index (χ4v) is 3.46. The Morgan fingerprint density at radius 1 is 1.07 bits per heavy atom. The molecule has 1 aromatic carbocycles. The van der Waals surface area contributed by atoms with Gasteiger partial charge >= 0.3 is 6.03 Å². The largest absolute Gasteiger partial charge is 0.497 e. The van der Waals surface area contributed by atoms with Crippen LogP contribution in [0.4, 0.5) is 10.5 Å². The number of aromatic nitrogens is 3. The van der Waals surface area contributed by atoms with Crippen LogP contribution in [0.2, 0.25) is 0 Å². The summed E-state index contributed by atoms with van der Waals surface area (Å²) in [6.07, 6.45) is 1.90. The summed E-state index contributed by atoms with van der Waals surface area (Å²) in [5.74, 6) is 1.57. The molecule has 1 N–H and O–H groups in total. The van der Waals surface area contributed by atoms with Crippen LogP contribution in [0.3, 0.4) is 0 Å². The minimum Gasteiger partial charge on any atom is -0.497 e. The van der Waals surface area contributed by atoms with E-state index in [9.17, 15) is 4.79 Å². The second kappa shape index (κ2) is 7.75. The number of anilines is 1. The topological polar surface area (TPSA) is 75.0 Å². The summed E-state index contributed by atoms with van der Waals surface area (Å²) in [5.41, 5.74) is 1.91. The summed E-state index contributed by atoms with van der Waals surface area (Å²) < 4.78 is 7.10. The van der Waals surface area contributed by atoms with E-state index in [0.717, 1.165) is 36.0 Å².